The minimum Gasteiger partial charge on any atom is -0.393 e. The van der Waals surface area contributed by atoms with Crippen molar-refractivity contribution in [1.29, 1.82) is 0 Å². The maximum absolute atomic E-state index is 8.73. The average molecular weight is 114 g/mol. The lowest BCUT2D eigenvalue weighted by molar-refractivity contribution is 0.198. The van der Waals surface area contributed by atoms with Gasteiger partial charge in [-0.2, -0.15) is 0 Å². The molecule has 0 aromatic carbocycles. The number of aliphatic hydroxyl groups is 1. The molecular weight excluding hydrogens is 100 g/mol. The van der Waals surface area contributed by atoms with Crippen molar-refractivity contribution in [2.24, 2.45) is 0 Å². The van der Waals surface area contributed by atoms with Gasteiger partial charge in [0, 0.05) is 0 Å². The van der Waals surface area contributed by atoms with E-state index in [-0.39, 0.29) is 6.10 Å². The molecule has 0 aromatic rings. The Morgan fingerprint density at radius 1 is 1.50 bits per heavy atom. The van der Waals surface area contributed by atoms with Gasteiger partial charge >= 0.3 is 0 Å². The van der Waals surface area contributed by atoms with Crippen LogP contribution in [0.2, 0.25) is 0 Å². The van der Waals surface area contributed by atoms with Crippen LogP contribution in [0.5, 0.6) is 0 Å². The van der Waals surface area contributed by atoms with E-state index in [9.17, 15) is 0 Å². The van der Waals surface area contributed by atoms with Crippen LogP contribution in [0.15, 0.2) is 12.2 Å². The summed E-state index contributed by atoms with van der Waals surface area (Å²) in [5.74, 6) is 0. The van der Waals surface area contributed by atoms with Crippen LogP contribution < -0.4 is 0 Å². The van der Waals surface area contributed by atoms with Crippen LogP contribution in [-0.2, 0) is 0 Å². The quantitative estimate of drug-likeness (QED) is 0.554. The van der Waals surface area contributed by atoms with E-state index in [1.807, 2.05) is 6.08 Å². The lowest BCUT2D eigenvalue weighted by Crippen LogP contribution is -1.94. The number of rotatable bonds is 3. The van der Waals surface area contributed by atoms with Gasteiger partial charge in [0.1, 0.15) is 0 Å². The first-order chi connectivity index (χ1) is 3.77. The maximum Gasteiger partial charge on any atom is 0.0546 e. The van der Waals surface area contributed by atoms with Crippen molar-refractivity contribution in [3.05, 3.63) is 12.2 Å². The fourth-order valence-electron chi connectivity index (χ4n) is 0.460. The fourth-order valence-corrected chi connectivity index (χ4v) is 0.460. The molecule has 0 heterocycles. The minimum atomic E-state index is -0.183. The summed E-state index contributed by atoms with van der Waals surface area (Å²) in [5.41, 5.74) is 0. The summed E-state index contributed by atoms with van der Waals surface area (Å²) >= 11 is 0. The molecule has 0 radical (unpaired) electrons. The maximum atomic E-state index is 8.73. The zero-order valence-electron chi connectivity index (χ0n) is 5.59. The van der Waals surface area contributed by atoms with E-state index in [0.29, 0.717) is 0 Å². The van der Waals surface area contributed by atoms with Gasteiger partial charge in [-0.25, -0.2) is 0 Å². The van der Waals surface area contributed by atoms with Gasteiger partial charge in [0.15, 0.2) is 0 Å². The molecule has 1 N–H and O–H groups in total. The lowest BCUT2D eigenvalue weighted by Gasteiger charge is -1.94. The van der Waals surface area contributed by atoms with Crippen LogP contribution in [0, 0.1) is 0 Å². The molecule has 1 nitrogen and oxygen atoms in total. The van der Waals surface area contributed by atoms with E-state index >= 15 is 0 Å². The monoisotopic (exact) mass is 114 g/mol. The molecule has 0 spiro atoms. The van der Waals surface area contributed by atoms with Gasteiger partial charge < -0.3 is 5.11 Å². The Bertz CT molecular complexity index is 64.8. The van der Waals surface area contributed by atoms with Crippen molar-refractivity contribution < 1.29 is 5.11 Å². The highest BCUT2D eigenvalue weighted by Gasteiger charge is 1.86. The SMILES string of the molecule is CC/C=C\C[C@@H](C)O. The molecule has 0 saturated carbocycles. The minimum absolute atomic E-state index is 0.183. The largest absolute Gasteiger partial charge is 0.393 e. The van der Waals surface area contributed by atoms with Crippen molar-refractivity contribution in [3.8, 4) is 0 Å². The van der Waals surface area contributed by atoms with Crippen LogP contribution in [0.25, 0.3) is 0 Å². The molecule has 8 heavy (non-hydrogen) atoms. The van der Waals surface area contributed by atoms with E-state index in [2.05, 4.69) is 13.0 Å². The van der Waals surface area contributed by atoms with Crippen molar-refractivity contribution in [2.75, 3.05) is 0 Å². The van der Waals surface area contributed by atoms with Gasteiger partial charge in [-0.15, -0.1) is 0 Å². The second kappa shape index (κ2) is 4.85. The Kier molecular flexibility index (Phi) is 4.67. The van der Waals surface area contributed by atoms with E-state index in [0.717, 1.165) is 12.8 Å². The molecule has 0 fully saturated rings. The van der Waals surface area contributed by atoms with Crippen molar-refractivity contribution in [1.82, 2.24) is 0 Å². The molecule has 1 heteroatoms. The van der Waals surface area contributed by atoms with Gasteiger partial charge in [-0.05, 0) is 19.8 Å². The van der Waals surface area contributed by atoms with Crippen LogP contribution in [0.3, 0.4) is 0 Å². The predicted molar refractivity (Wildman–Crippen MR) is 35.7 cm³/mol. The summed E-state index contributed by atoms with van der Waals surface area (Å²) in [5, 5.41) is 8.73. The first kappa shape index (κ1) is 7.70. The van der Waals surface area contributed by atoms with Crippen LogP contribution in [0.4, 0.5) is 0 Å². The summed E-state index contributed by atoms with van der Waals surface area (Å²) in [7, 11) is 0. The third kappa shape index (κ3) is 5.70. The van der Waals surface area contributed by atoms with E-state index in [1.165, 1.54) is 0 Å². The Balaban J connectivity index is 3.03. The smallest absolute Gasteiger partial charge is 0.0546 e. The normalized spacial score (nSPS) is 14.9. The zero-order chi connectivity index (χ0) is 6.41. The molecule has 0 unspecified atom stereocenters. The standard InChI is InChI=1S/C7H14O/c1-3-4-5-6-7(2)8/h4-5,7-8H,3,6H2,1-2H3/b5-4-/t7-/m1/s1. The third-order valence-corrected chi connectivity index (χ3v) is 0.880. The molecule has 0 aliphatic heterocycles. The van der Waals surface area contributed by atoms with Crippen LogP contribution in [0.1, 0.15) is 26.7 Å². The number of hydrogen-bond acceptors (Lipinski definition) is 1. The summed E-state index contributed by atoms with van der Waals surface area (Å²) in [4.78, 5) is 0. The van der Waals surface area contributed by atoms with Crippen LogP contribution in [-0.4, -0.2) is 11.2 Å². The van der Waals surface area contributed by atoms with Crippen molar-refractivity contribution >= 4 is 0 Å². The summed E-state index contributed by atoms with van der Waals surface area (Å²) in [6.45, 7) is 3.87. The molecule has 0 aliphatic rings. The van der Waals surface area contributed by atoms with Gasteiger partial charge in [0.2, 0.25) is 0 Å². The first-order valence-electron chi connectivity index (χ1n) is 3.10. The molecule has 0 amide bonds. The highest BCUT2D eigenvalue weighted by atomic mass is 16.3. The Morgan fingerprint density at radius 2 is 2.12 bits per heavy atom. The van der Waals surface area contributed by atoms with Crippen molar-refractivity contribution in [3.63, 3.8) is 0 Å². The Hall–Kier alpha value is -0.300. The first-order valence-corrected chi connectivity index (χ1v) is 3.10. The summed E-state index contributed by atoms with van der Waals surface area (Å²) in [6, 6.07) is 0. The highest BCUT2D eigenvalue weighted by molar-refractivity contribution is 4.81. The highest BCUT2D eigenvalue weighted by Crippen LogP contribution is 1.91. The van der Waals surface area contributed by atoms with Gasteiger partial charge in [0.05, 0.1) is 6.10 Å². The molecule has 1 atom stereocenters. The molecule has 0 bridgehead atoms. The molecule has 0 rings (SSSR count). The zero-order valence-corrected chi connectivity index (χ0v) is 5.59. The summed E-state index contributed by atoms with van der Waals surface area (Å²) in [6.07, 6.45) is 5.73. The Morgan fingerprint density at radius 3 is 2.50 bits per heavy atom. The lowest BCUT2D eigenvalue weighted by atomic mass is 10.2. The average Bonchev–Trinajstić information content (AvgIpc) is 1.66. The third-order valence-electron chi connectivity index (χ3n) is 0.880. The molecule has 0 aromatic heterocycles. The van der Waals surface area contributed by atoms with E-state index in [1.54, 1.807) is 6.92 Å². The summed E-state index contributed by atoms with van der Waals surface area (Å²) < 4.78 is 0. The topological polar surface area (TPSA) is 20.2 Å². The van der Waals surface area contributed by atoms with Gasteiger partial charge in [-0.3, -0.25) is 0 Å². The number of hydrogen-bond donors (Lipinski definition) is 1. The second-order valence-electron chi connectivity index (χ2n) is 1.96. The van der Waals surface area contributed by atoms with Gasteiger partial charge in [-0.1, -0.05) is 19.1 Å². The molecule has 0 aliphatic carbocycles. The van der Waals surface area contributed by atoms with E-state index < -0.39 is 0 Å². The fraction of sp³-hybridized carbons (Fsp3) is 0.714. The molecule has 48 valence electrons. The Labute approximate surface area is 51.0 Å². The van der Waals surface area contributed by atoms with Crippen molar-refractivity contribution in [2.45, 2.75) is 32.8 Å². The molecule has 0 saturated heterocycles. The molecular formula is C7H14O. The second-order valence-corrected chi connectivity index (χ2v) is 1.96. The van der Waals surface area contributed by atoms with Gasteiger partial charge in [0.25, 0.3) is 0 Å². The number of aliphatic hydroxyl groups excluding tert-OH is 1. The predicted octanol–water partition coefficient (Wildman–Crippen LogP) is 1.72. The number of allylic oxidation sites excluding steroid dienone is 1. The van der Waals surface area contributed by atoms with E-state index in [4.69, 9.17) is 5.11 Å². The van der Waals surface area contributed by atoms with Crippen LogP contribution >= 0.6 is 0 Å².